The molecule has 4 nitrogen and oxygen atoms in total. The zero-order valence-electron chi connectivity index (χ0n) is 15.5. The van der Waals surface area contributed by atoms with Crippen LogP contribution in [0.1, 0.15) is 24.0 Å². The van der Waals surface area contributed by atoms with Gasteiger partial charge in [0.2, 0.25) is 0 Å². The summed E-state index contributed by atoms with van der Waals surface area (Å²) in [6.45, 7) is 5.26. The third-order valence-corrected chi connectivity index (χ3v) is 4.99. The van der Waals surface area contributed by atoms with E-state index < -0.39 is 0 Å². The average molecular weight is 370 g/mol. The highest BCUT2D eigenvalue weighted by Gasteiger charge is 2.20. The summed E-state index contributed by atoms with van der Waals surface area (Å²) >= 11 is 5.51. The number of ether oxygens (including phenoxy) is 1. The van der Waals surface area contributed by atoms with E-state index in [1.807, 2.05) is 12.1 Å². The summed E-state index contributed by atoms with van der Waals surface area (Å²) in [5, 5.41) is 7.41. The van der Waals surface area contributed by atoms with E-state index >= 15 is 0 Å². The molecule has 2 aromatic carbocycles. The first-order chi connectivity index (χ1) is 12.6. The first-order valence-corrected chi connectivity index (χ1v) is 9.53. The van der Waals surface area contributed by atoms with Crippen LogP contribution in [0.2, 0.25) is 0 Å². The Labute approximate surface area is 161 Å². The minimum Gasteiger partial charge on any atom is -0.495 e. The van der Waals surface area contributed by atoms with E-state index in [2.05, 4.69) is 58.9 Å². The van der Waals surface area contributed by atoms with Gasteiger partial charge < -0.3 is 15.4 Å². The lowest BCUT2D eigenvalue weighted by Gasteiger charge is -2.33. The summed E-state index contributed by atoms with van der Waals surface area (Å²) in [5.41, 5.74) is 3.46. The van der Waals surface area contributed by atoms with Crippen molar-refractivity contribution in [2.45, 2.75) is 32.4 Å². The van der Waals surface area contributed by atoms with E-state index in [1.54, 1.807) is 7.11 Å². The lowest BCUT2D eigenvalue weighted by atomic mass is 10.0. The van der Waals surface area contributed by atoms with Crippen LogP contribution in [0.4, 0.5) is 5.69 Å². The Balaban J connectivity index is 1.47. The lowest BCUT2D eigenvalue weighted by Crippen LogP contribution is -2.45. The summed E-state index contributed by atoms with van der Waals surface area (Å²) in [7, 11) is 1.68. The van der Waals surface area contributed by atoms with Gasteiger partial charge in [-0.25, -0.2) is 0 Å². The van der Waals surface area contributed by atoms with Crippen molar-refractivity contribution in [2.75, 3.05) is 25.5 Å². The molecule has 0 aliphatic carbocycles. The van der Waals surface area contributed by atoms with Gasteiger partial charge in [-0.3, -0.25) is 4.90 Å². The van der Waals surface area contributed by atoms with E-state index in [-0.39, 0.29) is 0 Å². The van der Waals surface area contributed by atoms with Crippen LogP contribution in [-0.2, 0) is 6.54 Å². The number of aryl methyl sites for hydroxylation is 1. The molecular weight excluding hydrogens is 342 g/mol. The van der Waals surface area contributed by atoms with Gasteiger partial charge in [-0.2, -0.15) is 0 Å². The molecule has 3 rings (SSSR count). The van der Waals surface area contributed by atoms with Crippen LogP contribution in [-0.4, -0.2) is 36.3 Å². The summed E-state index contributed by atoms with van der Waals surface area (Å²) < 4.78 is 5.41. The molecule has 2 N–H and O–H groups in total. The van der Waals surface area contributed by atoms with E-state index in [4.69, 9.17) is 17.0 Å². The number of nitrogens with one attached hydrogen (secondary N) is 2. The largest absolute Gasteiger partial charge is 0.495 e. The van der Waals surface area contributed by atoms with Gasteiger partial charge in [0.25, 0.3) is 0 Å². The maximum absolute atomic E-state index is 5.51. The van der Waals surface area contributed by atoms with Crippen LogP contribution in [0.3, 0.4) is 0 Å². The van der Waals surface area contributed by atoms with E-state index in [0.717, 1.165) is 43.9 Å². The molecule has 0 radical (unpaired) electrons. The molecule has 0 aromatic heterocycles. The van der Waals surface area contributed by atoms with E-state index in [1.165, 1.54) is 11.1 Å². The van der Waals surface area contributed by atoms with Gasteiger partial charge in [0.15, 0.2) is 5.11 Å². The van der Waals surface area contributed by atoms with Crippen LogP contribution in [0.25, 0.3) is 0 Å². The Morgan fingerprint density at radius 3 is 2.58 bits per heavy atom. The predicted octanol–water partition coefficient (Wildman–Crippen LogP) is 3.95. The highest BCUT2D eigenvalue weighted by Crippen LogP contribution is 2.25. The molecule has 5 heteroatoms. The standard InChI is InChI=1S/C21H27N3OS/c1-16-8-9-20(25-2)19(14-16)23-21(26)22-18-10-12-24(13-11-18)15-17-6-4-3-5-7-17/h3-9,14,18H,10-13,15H2,1-2H3,(H2,22,23,26). The Bertz CT molecular complexity index is 727. The van der Waals surface area contributed by atoms with Crippen LogP contribution >= 0.6 is 12.2 Å². The number of nitrogens with zero attached hydrogens (tertiary/aromatic N) is 1. The van der Waals surface area contributed by atoms with Crippen LogP contribution in [0.5, 0.6) is 5.75 Å². The maximum atomic E-state index is 5.51. The van der Waals surface area contributed by atoms with Crippen molar-refractivity contribution < 1.29 is 4.74 Å². The normalized spacial score (nSPS) is 15.5. The number of thiocarbonyl (C=S) groups is 1. The first-order valence-electron chi connectivity index (χ1n) is 9.12. The van der Waals surface area contributed by atoms with Gasteiger partial charge in [-0.05, 0) is 55.2 Å². The Morgan fingerprint density at radius 2 is 1.88 bits per heavy atom. The second-order valence-electron chi connectivity index (χ2n) is 6.84. The van der Waals surface area contributed by atoms with Gasteiger partial charge in [0.05, 0.1) is 12.8 Å². The fourth-order valence-electron chi connectivity index (χ4n) is 3.34. The second kappa shape index (κ2) is 9.01. The number of hydrogen-bond acceptors (Lipinski definition) is 3. The molecule has 0 saturated carbocycles. The number of hydrogen-bond donors (Lipinski definition) is 2. The molecule has 1 fully saturated rings. The second-order valence-corrected chi connectivity index (χ2v) is 7.25. The molecule has 1 heterocycles. The van der Waals surface area contributed by atoms with Gasteiger partial charge in [0.1, 0.15) is 5.75 Å². The van der Waals surface area contributed by atoms with Crippen molar-refractivity contribution in [3.8, 4) is 5.75 Å². The summed E-state index contributed by atoms with van der Waals surface area (Å²) in [4.78, 5) is 2.51. The summed E-state index contributed by atoms with van der Waals surface area (Å²) in [6, 6.07) is 17.1. The van der Waals surface area contributed by atoms with Crippen molar-refractivity contribution in [2.24, 2.45) is 0 Å². The Kier molecular flexibility index (Phi) is 6.47. The lowest BCUT2D eigenvalue weighted by molar-refractivity contribution is 0.199. The number of rotatable bonds is 5. The highest BCUT2D eigenvalue weighted by molar-refractivity contribution is 7.80. The third-order valence-electron chi connectivity index (χ3n) is 4.77. The van der Waals surface area contributed by atoms with Crippen molar-refractivity contribution in [1.82, 2.24) is 10.2 Å². The molecule has 26 heavy (non-hydrogen) atoms. The van der Waals surface area contributed by atoms with Gasteiger partial charge >= 0.3 is 0 Å². The average Bonchev–Trinajstić information content (AvgIpc) is 2.64. The van der Waals surface area contributed by atoms with E-state index in [0.29, 0.717) is 11.2 Å². The SMILES string of the molecule is COc1ccc(C)cc1NC(=S)NC1CCN(Cc2ccccc2)CC1. The fourth-order valence-corrected chi connectivity index (χ4v) is 3.62. The monoisotopic (exact) mass is 369 g/mol. The third kappa shape index (κ3) is 5.19. The number of methoxy groups -OCH3 is 1. The molecule has 0 amide bonds. The van der Waals surface area contributed by atoms with Crippen molar-refractivity contribution in [3.05, 3.63) is 59.7 Å². The topological polar surface area (TPSA) is 36.5 Å². The molecule has 1 saturated heterocycles. The summed E-state index contributed by atoms with van der Waals surface area (Å²) in [5.74, 6) is 0.803. The Hall–Kier alpha value is -2.11. The van der Waals surface area contributed by atoms with Crippen molar-refractivity contribution in [1.29, 1.82) is 0 Å². The first kappa shape index (κ1) is 18.7. The fraction of sp³-hybridized carbons (Fsp3) is 0.381. The molecule has 138 valence electrons. The zero-order valence-corrected chi connectivity index (χ0v) is 16.3. The smallest absolute Gasteiger partial charge is 0.171 e. The minimum atomic E-state index is 0.415. The molecule has 0 spiro atoms. The minimum absolute atomic E-state index is 0.415. The summed E-state index contributed by atoms with van der Waals surface area (Å²) in [6.07, 6.45) is 2.19. The number of likely N-dealkylation sites (tertiary alicyclic amines) is 1. The van der Waals surface area contributed by atoms with Crippen LogP contribution < -0.4 is 15.4 Å². The van der Waals surface area contributed by atoms with Gasteiger partial charge in [0, 0.05) is 25.7 Å². The van der Waals surface area contributed by atoms with Crippen molar-refractivity contribution >= 4 is 23.0 Å². The highest BCUT2D eigenvalue weighted by atomic mass is 32.1. The molecule has 1 aliphatic rings. The van der Waals surface area contributed by atoms with Crippen LogP contribution in [0.15, 0.2) is 48.5 Å². The van der Waals surface area contributed by atoms with Crippen molar-refractivity contribution in [3.63, 3.8) is 0 Å². The van der Waals surface area contributed by atoms with Crippen LogP contribution in [0, 0.1) is 6.92 Å². The maximum Gasteiger partial charge on any atom is 0.171 e. The molecule has 0 atom stereocenters. The van der Waals surface area contributed by atoms with Gasteiger partial charge in [-0.15, -0.1) is 0 Å². The molecule has 1 aliphatic heterocycles. The molecule has 2 aromatic rings. The number of piperidine rings is 1. The molecule has 0 unspecified atom stereocenters. The van der Waals surface area contributed by atoms with E-state index in [9.17, 15) is 0 Å². The molecular formula is C21H27N3OS. The quantitative estimate of drug-likeness (QED) is 0.781. The molecule has 0 bridgehead atoms. The predicted molar refractivity (Wildman–Crippen MR) is 112 cm³/mol. The van der Waals surface area contributed by atoms with Gasteiger partial charge in [-0.1, -0.05) is 36.4 Å². The zero-order chi connectivity index (χ0) is 18.4. The number of anilines is 1. The Morgan fingerprint density at radius 1 is 1.15 bits per heavy atom. The number of benzene rings is 2.